The monoisotopic (exact) mass is 278 g/mol. The average Bonchev–Trinajstić information content (AvgIpc) is 2.83. The molecule has 2 rings (SSSR count). The van der Waals surface area contributed by atoms with Crippen molar-refractivity contribution in [2.75, 3.05) is 13.1 Å². The molecule has 1 saturated heterocycles. The maximum absolute atomic E-state index is 12.3. The number of carbonyl (C=O) groups is 2. The van der Waals surface area contributed by atoms with Gasteiger partial charge in [0.25, 0.3) is 11.5 Å². The highest BCUT2D eigenvalue weighted by Gasteiger charge is 2.45. The van der Waals surface area contributed by atoms with Crippen LogP contribution in [-0.2, 0) is 4.79 Å². The Bertz CT molecular complexity index is 607. The van der Waals surface area contributed by atoms with E-state index in [4.69, 9.17) is 0 Å². The molecular formula is C14H18N2O4. The Balaban J connectivity index is 2.24. The molecule has 0 saturated carbocycles. The standard InChI is InChI=1S/C14H18N2O4/c1-3-14(13(19)20)6-7-16(8-14)12(18)10-5-4-9(2)15-11(10)17/h4-5H,3,6-8H2,1-2H3,(H,15,17)(H,19,20). The van der Waals surface area contributed by atoms with Crippen LogP contribution in [0.15, 0.2) is 16.9 Å². The first-order valence-corrected chi connectivity index (χ1v) is 6.62. The highest BCUT2D eigenvalue weighted by atomic mass is 16.4. The first kappa shape index (κ1) is 14.3. The molecule has 6 nitrogen and oxygen atoms in total. The molecule has 1 aliphatic rings. The molecule has 1 amide bonds. The lowest BCUT2D eigenvalue weighted by molar-refractivity contribution is -0.148. The highest BCUT2D eigenvalue weighted by Crippen LogP contribution is 2.34. The minimum absolute atomic E-state index is 0.0629. The van der Waals surface area contributed by atoms with Gasteiger partial charge in [0.2, 0.25) is 0 Å². The third-order valence-corrected chi connectivity index (χ3v) is 4.06. The number of hydrogen-bond acceptors (Lipinski definition) is 3. The molecule has 1 aromatic rings. The van der Waals surface area contributed by atoms with E-state index in [1.165, 1.54) is 11.0 Å². The van der Waals surface area contributed by atoms with Gasteiger partial charge in [-0.1, -0.05) is 6.92 Å². The predicted molar refractivity (Wildman–Crippen MR) is 72.7 cm³/mol. The number of aromatic amines is 1. The fourth-order valence-corrected chi connectivity index (χ4v) is 2.57. The number of rotatable bonds is 3. The second-order valence-electron chi connectivity index (χ2n) is 5.30. The zero-order valence-corrected chi connectivity index (χ0v) is 11.6. The molecule has 108 valence electrons. The molecular weight excluding hydrogens is 260 g/mol. The number of aryl methyl sites for hydroxylation is 1. The summed E-state index contributed by atoms with van der Waals surface area (Å²) in [5.41, 5.74) is -0.568. The molecule has 0 radical (unpaired) electrons. The normalized spacial score (nSPS) is 22.0. The maximum atomic E-state index is 12.3. The van der Waals surface area contributed by atoms with Gasteiger partial charge in [-0.2, -0.15) is 0 Å². The molecule has 0 aliphatic carbocycles. The SMILES string of the molecule is CCC1(C(=O)O)CCN(C(=O)c2ccc(C)[nH]c2=O)C1. The van der Waals surface area contributed by atoms with E-state index in [0.29, 0.717) is 25.1 Å². The van der Waals surface area contributed by atoms with E-state index < -0.39 is 22.9 Å². The van der Waals surface area contributed by atoms with Crippen molar-refractivity contribution in [1.82, 2.24) is 9.88 Å². The van der Waals surface area contributed by atoms with Crippen molar-refractivity contribution in [1.29, 1.82) is 0 Å². The Morgan fingerprint density at radius 3 is 2.65 bits per heavy atom. The van der Waals surface area contributed by atoms with Crippen LogP contribution in [0.2, 0.25) is 0 Å². The molecule has 0 aromatic carbocycles. The average molecular weight is 278 g/mol. The van der Waals surface area contributed by atoms with Crippen LogP contribution in [0.3, 0.4) is 0 Å². The van der Waals surface area contributed by atoms with Crippen molar-refractivity contribution < 1.29 is 14.7 Å². The number of nitrogens with zero attached hydrogens (tertiary/aromatic N) is 1. The molecule has 2 heterocycles. The maximum Gasteiger partial charge on any atom is 0.311 e. The van der Waals surface area contributed by atoms with Gasteiger partial charge >= 0.3 is 5.97 Å². The van der Waals surface area contributed by atoms with E-state index in [-0.39, 0.29) is 12.1 Å². The second kappa shape index (κ2) is 5.11. The summed E-state index contributed by atoms with van der Waals surface area (Å²) in [6, 6.07) is 3.15. The lowest BCUT2D eigenvalue weighted by atomic mass is 9.84. The van der Waals surface area contributed by atoms with Gasteiger partial charge in [-0.25, -0.2) is 0 Å². The Kier molecular flexibility index (Phi) is 3.65. The molecule has 1 unspecified atom stereocenters. The fraction of sp³-hybridized carbons (Fsp3) is 0.500. The summed E-state index contributed by atoms with van der Waals surface area (Å²) < 4.78 is 0. The van der Waals surface area contributed by atoms with Crippen LogP contribution in [0, 0.1) is 12.3 Å². The summed E-state index contributed by atoms with van der Waals surface area (Å²) in [4.78, 5) is 39.5. The number of hydrogen-bond donors (Lipinski definition) is 2. The van der Waals surface area contributed by atoms with E-state index in [1.807, 2.05) is 0 Å². The fourth-order valence-electron chi connectivity index (χ4n) is 2.57. The highest BCUT2D eigenvalue weighted by molar-refractivity contribution is 5.94. The van der Waals surface area contributed by atoms with E-state index in [2.05, 4.69) is 4.98 Å². The third kappa shape index (κ3) is 2.33. The molecule has 1 atom stereocenters. The number of carboxylic acids is 1. The molecule has 1 aliphatic heterocycles. The smallest absolute Gasteiger partial charge is 0.311 e. The number of amides is 1. The summed E-state index contributed by atoms with van der Waals surface area (Å²) in [7, 11) is 0. The van der Waals surface area contributed by atoms with E-state index >= 15 is 0 Å². The Morgan fingerprint density at radius 2 is 2.15 bits per heavy atom. The van der Waals surface area contributed by atoms with Gasteiger partial charge in [0.15, 0.2) is 0 Å². The number of pyridine rings is 1. The molecule has 1 aromatic heterocycles. The van der Waals surface area contributed by atoms with Crippen molar-refractivity contribution in [2.24, 2.45) is 5.41 Å². The van der Waals surface area contributed by atoms with Crippen molar-refractivity contribution in [3.05, 3.63) is 33.7 Å². The Labute approximate surface area is 116 Å². The quantitative estimate of drug-likeness (QED) is 0.863. The minimum atomic E-state index is -0.882. The van der Waals surface area contributed by atoms with E-state index in [1.54, 1.807) is 19.9 Å². The predicted octanol–water partition coefficient (Wildman–Crippen LogP) is 1.01. The van der Waals surface area contributed by atoms with Crippen LogP contribution < -0.4 is 5.56 Å². The van der Waals surface area contributed by atoms with Gasteiger partial charge in [-0.15, -0.1) is 0 Å². The van der Waals surface area contributed by atoms with Crippen LogP contribution in [-0.4, -0.2) is 40.0 Å². The summed E-state index contributed by atoms with van der Waals surface area (Å²) in [6.45, 7) is 4.07. The van der Waals surface area contributed by atoms with Crippen LogP contribution in [0.25, 0.3) is 0 Å². The van der Waals surface area contributed by atoms with E-state index in [9.17, 15) is 19.5 Å². The zero-order chi connectivity index (χ0) is 14.9. The first-order valence-electron chi connectivity index (χ1n) is 6.62. The summed E-state index contributed by atoms with van der Waals surface area (Å²) in [6.07, 6.45) is 0.894. The number of carbonyl (C=O) groups excluding carboxylic acids is 1. The summed E-state index contributed by atoms with van der Waals surface area (Å²) >= 11 is 0. The number of nitrogens with one attached hydrogen (secondary N) is 1. The number of carboxylic acid groups (broad SMARTS) is 1. The van der Waals surface area contributed by atoms with Crippen LogP contribution in [0.4, 0.5) is 0 Å². The Hall–Kier alpha value is -2.11. The molecule has 2 N–H and O–H groups in total. The lowest BCUT2D eigenvalue weighted by Gasteiger charge is -2.22. The van der Waals surface area contributed by atoms with Crippen LogP contribution >= 0.6 is 0 Å². The largest absolute Gasteiger partial charge is 0.481 e. The van der Waals surface area contributed by atoms with Crippen LogP contribution in [0.1, 0.15) is 35.8 Å². The van der Waals surface area contributed by atoms with Crippen molar-refractivity contribution in [3.8, 4) is 0 Å². The van der Waals surface area contributed by atoms with Gasteiger partial charge in [0.05, 0.1) is 5.41 Å². The van der Waals surface area contributed by atoms with Crippen molar-refractivity contribution in [2.45, 2.75) is 26.7 Å². The van der Waals surface area contributed by atoms with Crippen LogP contribution in [0.5, 0.6) is 0 Å². The first-order chi connectivity index (χ1) is 9.39. The van der Waals surface area contributed by atoms with Gasteiger partial charge in [0, 0.05) is 18.8 Å². The lowest BCUT2D eigenvalue weighted by Crippen LogP contribution is -2.38. The molecule has 20 heavy (non-hydrogen) atoms. The topological polar surface area (TPSA) is 90.5 Å². The van der Waals surface area contributed by atoms with Crippen molar-refractivity contribution in [3.63, 3.8) is 0 Å². The number of aromatic nitrogens is 1. The third-order valence-electron chi connectivity index (χ3n) is 4.06. The van der Waals surface area contributed by atoms with Gasteiger partial charge in [-0.05, 0) is 31.9 Å². The van der Waals surface area contributed by atoms with E-state index in [0.717, 1.165) is 0 Å². The number of aliphatic carboxylic acids is 1. The molecule has 0 spiro atoms. The van der Waals surface area contributed by atoms with Gasteiger partial charge in [0.1, 0.15) is 5.56 Å². The van der Waals surface area contributed by atoms with Gasteiger partial charge in [-0.3, -0.25) is 14.4 Å². The summed E-state index contributed by atoms with van der Waals surface area (Å²) in [5.74, 6) is -1.28. The second-order valence-corrected chi connectivity index (χ2v) is 5.30. The van der Waals surface area contributed by atoms with Gasteiger partial charge < -0.3 is 15.0 Å². The molecule has 1 fully saturated rings. The Morgan fingerprint density at radius 1 is 1.45 bits per heavy atom. The molecule has 6 heteroatoms. The number of likely N-dealkylation sites (tertiary alicyclic amines) is 1. The minimum Gasteiger partial charge on any atom is -0.481 e. The molecule has 0 bridgehead atoms. The number of H-pyrrole nitrogens is 1. The summed E-state index contributed by atoms with van der Waals surface area (Å²) in [5, 5.41) is 9.32. The zero-order valence-electron chi connectivity index (χ0n) is 11.6. The van der Waals surface area contributed by atoms with Crippen molar-refractivity contribution >= 4 is 11.9 Å².